The first-order valence-electron chi connectivity index (χ1n) is 9.17. The number of pyridine rings is 2. The number of benzene rings is 1. The van der Waals surface area contributed by atoms with Crippen molar-refractivity contribution < 1.29 is 9.18 Å². The average Bonchev–Trinajstić information content (AvgIpc) is 3.21. The van der Waals surface area contributed by atoms with Gasteiger partial charge in [-0.15, -0.1) is 0 Å². The lowest BCUT2D eigenvalue weighted by Gasteiger charge is -2.29. The fourth-order valence-electron chi connectivity index (χ4n) is 3.63. The van der Waals surface area contributed by atoms with Crippen LogP contribution in [0.1, 0.15) is 21.5 Å². The first-order chi connectivity index (χ1) is 14.1. The highest BCUT2D eigenvalue weighted by Crippen LogP contribution is 2.21. The number of aromatic nitrogens is 4. The average molecular weight is 389 g/mol. The Morgan fingerprint density at radius 2 is 1.86 bits per heavy atom. The lowest BCUT2D eigenvalue weighted by atomic mass is 10.0. The van der Waals surface area contributed by atoms with Gasteiger partial charge in [-0.05, 0) is 53.9 Å². The topological polar surface area (TPSA) is 72.5 Å². The van der Waals surface area contributed by atoms with E-state index in [9.17, 15) is 14.0 Å². The number of amides is 1. The summed E-state index contributed by atoms with van der Waals surface area (Å²) in [5.74, 6) is -0.464. The molecule has 0 unspecified atom stereocenters. The van der Waals surface area contributed by atoms with Crippen LogP contribution in [0.5, 0.6) is 0 Å². The molecule has 0 saturated carbocycles. The molecule has 0 fully saturated rings. The van der Waals surface area contributed by atoms with Gasteiger partial charge in [-0.2, -0.15) is 5.10 Å². The van der Waals surface area contributed by atoms with Crippen molar-refractivity contribution in [3.8, 4) is 5.69 Å². The summed E-state index contributed by atoms with van der Waals surface area (Å²) in [6, 6.07) is 10.8. The van der Waals surface area contributed by atoms with Crippen LogP contribution in [-0.2, 0) is 13.0 Å². The molecule has 1 aromatic carbocycles. The van der Waals surface area contributed by atoms with Crippen molar-refractivity contribution in [1.82, 2.24) is 24.1 Å². The largest absolute Gasteiger partial charge is 0.334 e. The van der Waals surface area contributed by atoms with E-state index in [4.69, 9.17) is 0 Å². The molecule has 144 valence electrons. The molecule has 1 aliphatic rings. The van der Waals surface area contributed by atoms with E-state index < -0.39 is 0 Å². The molecule has 3 aromatic heterocycles. The molecule has 8 heteroatoms. The van der Waals surface area contributed by atoms with Gasteiger partial charge in [-0.1, -0.05) is 0 Å². The number of nitrogens with zero attached hydrogens (tertiary/aromatic N) is 5. The van der Waals surface area contributed by atoms with Gasteiger partial charge in [0.05, 0.1) is 5.56 Å². The van der Waals surface area contributed by atoms with Crippen LogP contribution in [-0.4, -0.2) is 36.5 Å². The number of rotatable bonds is 2. The van der Waals surface area contributed by atoms with Gasteiger partial charge in [0.15, 0.2) is 5.65 Å². The molecule has 4 heterocycles. The van der Waals surface area contributed by atoms with E-state index >= 15 is 0 Å². The van der Waals surface area contributed by atoms with Crippen LogP contribution >= 0.6 is 0 Å². The third-order valence-corrected chi connectivity index (χ3v) is 5.16. The minimum Gasteiger partial charge on any atom is -0.334 e. The van der Waals surface area contributed by atoms with E-state index in [1.807, 2.05) is 0 Å². The monoisotopic (exact) mass is 389 g/mol. The Bertz CT molecular complexity index is 1290. The highest BCUT2D eigenvalue weighted by Gasteiger charge is 2.23. The van der Waals surface area contributed by atoms with Crippen LogP contribution in [0.15, 0.2) is 66.0 Å². The van der Waals surface area contributed by atoms with E-state index in [1.165, 1.54) is 23.0 Å². The van der Waals surface area contributed by atoms with Gasteiger partial charge in [0.1, 0.15) is 12.1 Å². The molecule has 0 bridgehead atoms. The zero-order valence-corrected chi connectivity index (χ0v) is 15.3. The Balaban J connectivity index is 1.46. The number of fused-ring (bicyclic) bond motifs is 2. The van der Waals surface area contributed by atoms with Crippen molar-refractivity contribution in [2.45, 2.75) is 13.0 Å². The van der Waals surface area contributed by atoms with Gasteiger partial charge in [0.25, 0.3) is 11.5 Å². The van der Waals surface area contributed by atoms with Gasteiger partial charge in [0, 0.05) is 37.2 Å². The summed E-state index contributed by atoms with van der Waals surface area (Å²) >= 11 is 0. The van der Waals surface area contributed by atoms with Crippen molar-refractivity contribution in [3.63, 3.8) is 0 Å². The summed E-state index contributed by atoms with van der Waals surface area (Å²) in [6.07, 6.45) is 5.45. The molecule has 29 heavy (non-hydrogen) atoms. The molecule has 0 atom stereocenters. The van der Waals surface area contributed by atoms with E-state index in [1.54, 1.807) is 52.1 Å². The standard InChI is InChI=1S/C21H16FN5O2/c22-17-2-4-18(5-3-17)26-11-16-10-25(8-7-14(16)9-20(26)28)21(29)15-1-6-19-23-13-24-27(19)12-15/h1-6,9,11-13H,7-8,10H2. The van der Waals surface area contributed by atoms with Crippen molar-refractivity contribution in [1.29, 1.82) is 0 Å². The minimum absolute atomic E-state index is 0.104. The van der Waals surface area contributed by atoms with Crippen LogP contribution < -0.4 is 5.56 Å². The highest BCUT2D eigenvalue weighted by atomic mass is 19.1. The third kappa shape index (κ3) is 3.08. The first kappa shape index (κ1) is 17.3. The zero-order valence-electron chi connectivity index (χ0n) is 15.3. The zero-order chi connectivity index (χ0) is 20.0. The van der Waals surface area contributed by atoms with Crippen molar-refractivity contribution in [2.75, 3.05) is 6.54 Å². The molecule has 7 nitrogen and oxygen atoms in total. The molecule has 0 saturated heterocycles. The van der Waals surface area contributed by atoms with E-state index in [2.05, 4.69) is 10.1 Å². The molecule has 1 amide bonds. The molecule has 5 rings (SSSR count). The predicted molar refractivity (Wildman–Crippen MR) is 103 cm³/mol. The van der Waals surface area contributed by atoms with Crippen LogP contribution in [0.4, 0.5) is 4.39 Å². The Morgan fingerprint density at radius 3 is 2.69 bits per heavy atom. The Labute approximate surface area is 164 Å². The second-order valence-corrected chi connectivity index (χ2v) is 6.97. The summed E-state index contributed by atoms with van der Waals surface area (Å²) in [6.45, 7) is 0.923. The number of halogens is 1. The molecule has 0 spiro atoms. The lowest BCUT2D eigenvalue weighted by Crippen LogP contribution is -2.37. The van der Waals surface area contributed by atoms with Gasteiger partial charge in [-0.3, -0.25) is 14.2 Å². The molecule has 0 radical (unpaired) electrons. The Morgan fingerprint density at radius 1 is 1.03 bits per heavy atom. The summed E-state index contributed by atoms with van der Waals surface area (Å²) in [5, 5.41) is 4.07. The molecule has 0 N–H and O–H groups in total. The third-order valence-electron chi connectivity index (χ3n) is 5.16. The quantitative estimate of drug-likeness (QED) is 0.527. The van der Waals surface area contributed by atoms with Gasteiger partial charge in [-0.25, -0.2) is 13.9 Å². The highest BCUT2D eigenvalue weighted by molar-refractivity contribution is 5.94. The van der Waals surface area contributed by atoms with E-state index in [-0.39, 0.29) is 17.3 Å². The van der Waals surface area contributed by atoms with E-state index in [0.717, 1.165) is 11.1 Å². The number of hydrogen-bond donors (Lipinski definition) is 0. The summed E-state index contributed by atoms with van der Waals surface area (Å²) in [4.78, 5) is 31.3. The van der Waals surface area contributed by atoms with Crippen molar-refractivity contribution >= 4 is 11.6 Å². The number of carbonyl (C=O) groups is 1. The Hall–Kier alpha value is -3.81. The van der Waals surface area contributed by atoms with Crippen LogP contribution in [0.25, 0.3) is 11.3 Å². The second kappa shape index (κ2) is 6.66. The van der Waals surface area contributed by atoms with Gasteiger partial charge in [0.2, 0.25) is 0 Å². The molecule has 4 aromatic rings. The van der Waals surface area contributed by atoms with Gasteiger partial charge >= 0.3 is 0 Å². The molecule has 0 aliphatic carbocycles. The smallest absolute Gasteiger partial charge is 0.255 e. The minimum atomic E-state index is -0.360. The fourth-order valence-corrected chi connectivity index (χ4v) is 3.63. The summed E-state index contributed by atoms with van der Waals surface area (Å²) in [5.41, 5.74) is 3.44. The summed E-state index contributed by atoms with van der Waals surface area (Å²) in [7, 11) is 0. The normalized spacial score (nSPS) is 13.5. The van der Waals surface area contributed by atoms with Crippen LogP contribution in [0.2, 0.25) is 0 Å². The number of hydrogen-bond acceptors (Lipinski definition) is 4. The molecular weight excluding hydrogens is 373 g/mol. The molecular formula is C21H16FN5O2. The van der Waals surface area contributed by atoms with E-state index in [0.29, 0.717) is 36.4 Å². The first-order valence-corrected chi connectivity index (χ1v) is 9.17. The number of carbonyl (C=O) groups excluding carboxylic acids is 1. The predicted octanol–water partition coefficient (Wildman–Crippen LogP) is 2.22. The van der Waals surface area contributed by atoms with Gasteiger partial charge < -0.3 is 4.90 Å². The maximum atomic E-state index is 13.2. The maximum absolute atomic E-state index is 13.2. The second-order valence-electron chi connectivity index (χ2n) is 6.97. The van der Waals surface area contributed by atoms with Crippen molar-refractivity contribution in [3.05, 3.63) is 94.0 Å². The lowest BCUT2D eigenvalue weighted by molar-refractivity contribution is 0.0733. The maximum Gasteiger partial charge on any atom is 0.255 e. The SMILES string of the molecule is O=C(c1ccc2ncnn2c1)N1CCc2cc(=O)n(-c3ccc(F)cc3)cc2C1. The summed E-state index contributed by atoms with van der Waals surface area (Å²) < 4.78 is 16.3. The fraction of sp³-hybridized carbons (Fsp3) is 0.143. The Kier molecular flexibility index (Phi) is 3.97. The molecule has 1 aliphatic heterocycles. The van der Waals surface area contributed by atoms with Crippen LogP contribution in [0.3, 0.4) is 0 Å². The van der Waals surface area contributed by atoms with Crippen molar-refractivity contribution in [2.24, 2.45) is 0 Å². The van der Waals surface area contributed by atoms with Crippen LogP contribution in [0, 0.1) is 5.82 Å².